The van der Waals surface area contributed by atoms with Crippen LogP contribution in [0.3, 0.4) is 0 Å². The van der Waals surface area contributed by atoms with E-state index in [2.05, 4.69) is 15.0 Å². The lowest BCUT2D eigenvalue weighted by atomic mass is 10.3. The summed E-state index contributed by atoms with van der Waals surface area (Å²) in [5.74, 6) is -1.14. The molecule has 98 valence electrons. The molecule has 1 unspecified atom stereocenters. The third-order valence-corrected chi connectivity index (χ3v) is 2.75. The second-order valence-electron chi connectivity index (χ2n) is 4.07. The van der Waals surface area contributed by atoms with Gasteiger partial charge in [0.1, 0.15) is 0 Å². The van der Waals surface area contributed by atoms with Gasteiger partial charge in [-0.2, -0.15) is 0 Å². The largest absolute Gasteiger partial charge is 0.464 e. The van der Waals surface area contributed by atoms with Crippen LogP contribution in [0.15, 0.2) is 0 Å². The molecule has 6 heteroatoms. The van der Waals surface area contributed by atoms with Gasteiger partial charge in [0.05, 0.1) is 6.61 Å². The summed E-state index contributed by atoms with van der Waals surface area (Å²) in [6, 6.07) is -1.21. The van der Waals surface area contributed by atoms with E-state index in [4.69, 9.17) is 5.73 Å². The first-order valence-corrected chi connectivity index (χ1v) is 6.07. The number of hydrogen-bond donors (Lipinski definition) is 2. The molecule has 1 fully saturated rings. The van der Waals surface area contributed by atoms with Gasteiger partial charge in [0.2, 0.25) is 5.91 Å². The Balaban J connectivity index is 2.16. The summed E-state index contributed by atoms with van der Waals surface area (Å²) in [7, 11) is 0. The molecule has 0 saturated carbocycles. The number of ether oxygens (including phenoxy) is 1. The van der Waals surface area contributed by atoms with E-state index in [0.717, 1.165) is 19.6 Å². The number of nitrogens with two attached hydrogens (primary N) is 1. The standard InChI is InChI=1S/C11H21N3O3/c1-2-17-11(16)9(12)10(15)13-5-8-14-6-3-4-7-14/h9H,2-8,12H2,1H3,(H,13,15). The van der Waals surface area contributed by atoms with E-state index >= 15 is 0 Å². The molecule has 0 aliphatic carbocycles. The fourth-order valence-corrected chi connectivity index (χ4v) is 1.79. The number of hydrogen-bond acceptors (Lipinski definition) is 5. The maximum absolute atomic E-state index is 11.5. The van der Waals surface area contributed by atoms with Crippen LogP contribution in [0, 0.1) is 0 Å². The maximum atomic E-state index is 11.5. The second-order valence-corrected chi connectivity index (χ2v) is 4.07. The number of carbonyl (C=O) groups excluding carboxylic acids is 2. The van der Waals surface area contributed by atoms with Gasteiger partial charge in [-0.05, 0) is 32.9 Å². The van der Waals surface area contributed by atoms with Crippen molar-refractivity contribution in [2.75, 3.05) is 32.8 Å². The van der Waals surface area contributed by atoms with Crippen LogP contribution >= 0.6 is 0 Å². The van der Waals surface area contributed by atoms with Crippen LogP contribution in [0.5, 0.6) is 0 Å². The Kier molecular flexibility index (Phi) is 5.93. The second kappa shape index (κ2) is 7.24. The van der Waals surface area contributed by atoms with Crippen LogP contribution in [-0.2, 0) is 14.3 Å². The number of likely N-dealkylation sites (tertiary alicyclic amines) is 1. The number of nitrogens with one attached hydrogen (secondary N) is 1. The normalized spacial score (nSPS) is 17.8. The number of carbonyl (C=O) groups is 2. The smallest absolute Gasteiger partial charge is 0.332 e. The number of rotatable bonds is 6. The van der Waals surface area contributed by atoms with Gasteiger partial charge in [-0.3, -0.25) is 4.79 Å². The molecule has 3 N–H and O–H groups in total. The van der Waals surface area contributed by atoms with Crippen molar-refractivity contribution < 1.29 is 14.3 Å². The lowest BCUT2D eigenvalue weighted by Crippen LogP contribution is -2.48. The Morgan fingerprint density at radius 1 is 1.41 bits per heavy atom. The summed E-state index contributed by atoms with van der Waals surface area (Å²) in [5, 5.41) is 2.64. The van der Waals surface area contributed by atoms with E-state index in [-0.39, 0.29) is 6.61 Å². The minimum Gasteiger partial charge on any atom is -0.464 e. The highest BCUT2D eigenvalue weighted by molar-refractivity contribution is 6.01. The van der Waals surface area contributed by atoms with E-state index < -0.39 is 17.9 Å². The van der Waals surface area contributed by atoms with Gasteiger partial charge in [0.15, 0.2) is 6.04 Å². The molecule has 1 saturated heterocycles. The molecule has 0 bridgehead atoms. The fraction of sp³-hybridized carbons (Fsp3) is 0.818. The van der Waals surface area contributed by atoms with Gasteiger partial charge in [0.25, 0.3) is 0 Å². The summed E-state index contributed by atoms with van der Waals surface area (Å²) in [5.41, 5.74) is 5.44. The first-order valence-electron chi connectivity index (χ1n) is 6.07. The molecule has 6 nitrogen and oxygen atoms in total. The minimum atomic E-state index is -1.21. The maximum Gasteiger partial charge on any atom is 0.332 e. The molecule has 1 aliphatic heterocycles. The average molecular weight is 243 g/mol. The lowest BCUT2D eigenvalue weighted by molar-refractivity contribution is -0.147. The fourth-order valence-electron chi connectivity index (χ4n) is 1.79. The van der Waals surface area contributed by atoms with Crippen LogP contribution < -0.4 is 11.1 Å². The first kappa shape index (κ1) is 13.9. The first-order chi connectivity index (χ1) is 8.15. The van der Waals surface area contributed by atoms with Crippen LogP contribution in [0.2, 0.25) is 0 Å². The Bertz CT molecular complexity index is 265. The molecule has 0 aromatic carbocycles. The van der Waals surface area contributed by atoms with Crippen molar-refractivity contribution in [3.05, 3.63) is 0 Å². The molecular formula is C11H21N3O3. The van der Waals surface area contributed by atoms with Gasteiger partial charge in [-0.1, -0.05) is 0 Å². The highest BCUT2D eigenvalue weighted by Gasteiger charge is 2.23. The number of esters is 1. The molecule has 0 radical (unpaired) electrons. The topological polar surface area (TPSA) is 84.7 Å². The summed E-state index contributed by atoms with van der Waals surface area (Å²) in [4.78, 5) is 24.9. The van der Waals surface area contributed by atoms with Crippen molar-refractivity contribution in [1.82, 2.24) is 10.2 Å². The van der Waals surface area contributed by atoms with Gasteiger partial charge < -0.3 is 20.7 Å². The van der Waals surface area contributed by atoms with E-state index in [1.54, 1.807) is 6.92 Å². The van der Waals surface area contributed by atoms with Crippen LogP contribution in [0.4, 0.5) is 0 Å². The van der Waals surface area contributed by atoms with E-state index in [0.29, 0.717) is 6.54 Å². The Morgan fingerprint density at radius 3 is 2.65 bits per heavy atom. The highest BCUT2D eigenvalue weighted by atomic mass is 16.5. The van der Waals surface area contributed by atoms with Crippen molar-refractivity contribution in [1.29, 1.82) is 0 Å². The zero-order valence-corrected chi connectivity index (χ0v) is 10.3. The van der Waals surface area contributed by atoms with Crippen molar-refractivity contribution >= 4 is 11.9 Å². The molecule has 0 spiro atoms. The highest BCUT2D eigenvalue weighted by Crippen LogP contribution is 2.05. The summed E-state index contributed by atoms with van der Waals surface area (Å²) >= 11 is 0. The zero-order valence-electron chi connectivity index (χ0n) is 10.3. The Hall–Kier alpha value is -1.14. The molecule has 1 heterocycles. The molecular weight excluding hydrogens is 222 g/mol. The third kappa shape index (κ3) is 4.70. The monoisotopic (exact) mass is 243 g/mol. The summed E-state index contributed by atoms with van der Waals surface area (Å²) in [6.07, 6.45) is 2.44. The van der Waals surface area contributed by atoms with Crippen molar-refractivity contribution in [2.45, 2.75) is 25.8 Å². The SMILES string of the molecule is CCOC(=O)C(N)C(=O)NCCN1CCCC1. The van der Waals surface area contributed by atoms with E-state index in [1.165, 1.54) is 12.8 Å². The Morgan fingerprint density at radius 2 is 2.06 bits per heavy atom. The molecule has 1 aliphatic rings. The van der Waals surface area contributed by atoms with Gasteiger partial charge in [-0.15, -0.1) is 0 Å². The van der Waals surface area contributed by atoms with Crippen molar-refractivity contribution in [3.8, 4) is 0 Å². The van der Waals surface area contributed by atoms with Gasteiger partial charge in [-0.25, -0.2) is 4.79 Å². The molecule has 1 atom stereocenters. The molecule has 1 rings (SSSR count). The van der Waals surface area contributed by atoms with Gasteiger partial charge >= 0.3 is 5.97 Å². The minimum absolute atomic E-state index is 0.230. The number of nitrogens with zero attached hydrogens (tertiary/aromatic N) is 1. The molecule has 0 aromatic rings. The van der Waals surface area contributed by atoms with Gasteiger partial charge in [0, 0.05) is 13.1 Å². The predicted molar refractivity (Wildman–Crippen MR) is 63.3 cm³/mol. The lowest BCUT2D eigenvalue weighted by Gasteiger charge is -2.16. The Labute approximate surface area is 101 Å². The number of amides is 1. The van der Waals surface area contributed by atoms with Crippen LogP contribution in [0.25, 0.3) is 0 Å². The quantitative estimate of drug-likeness (QED) is 0.466. The van der Waals surface area contributed by atoms with E-state index in [1.807, 2.05) is 0 Å². The molecule has 0 aromatic heterocycles. The van der Waals surface area contributed by atoms with Crippen molar-refractivity contribution in [3.63, 3.8) is 0 Å². The van der Waals surface area contributed by atoms with Crippen LogP contribution in [-0.4, -0.2) is 55.6 Å². The third-order valence-electron chi connectivity index (χ3n) is 2.75. The van der Waals surface area contributed by atoms with Crippen molar-refractivity contribution in [2.24, 2.45) is 5.73 Å². The molecule has 1 amide bonds. The summed E-state index contributed by atoms with van der Waals surface area (Å²) in [6.45, 7) is 5.40. The average Bonchev–Trinajstić information content (AvgIpc) is 2.81. The predicted octanol–water partition coefficient (Wildman–Crippen LogP) is -0.911. The summed E-state index contributed by atoms with van der Waals surface area (Å²) < 4.78 is 4.67. The van der Waals surface area contributed by atoms with E-state index in [9.17, 15) is 9.59 Å². The molecule has 17 heavy (non-hydrogen) atoms. The van der Waals surface area contributed by atoms with Crippen LogP contribution in [0.1, 0.15) is 19.8 Å². The zero-order chi connectivity index (χ0) is 12.7.